The van der Waals surface area contributed by atoms with Gasteiger partial charge in [0.1, 0.15) is 5.75 Å². The van der Waals surface area contributed by atoms with Crippen LogP contribution in [0.5, 0.6) is 5.75 Å². The molecule has 0 bridgehead atoms. The number of phenols is 1. The first-order valence-electron chi connectivity index (χ1n) is 8.92. The molecule has 0 saturated heterocycles. The average molecular weight is 375 g/mol. The van der Waals surface area contributed by atoms with E-state index in [-0.39, 0.29) is 30.4 Å². The lowest BCUT2D eigenvalue weighted by molar-refractivity contribution is -0.124. The number of fused-ring (bicyclic) bond motifs is 1. The molecule has 3 N–H and O–H groups in total. The van der Waals surface area contributed by atoms with E-state index >= 15 is 0 Å². The van der Waals surface area contributed by atoms with Crippen molar-refractivity contribution in [2.24, 2.45) is 5.10 Å². The Hall–Kier alpha value is -3.67. The van der Waals surface area contributed by atoms with Gasteiger partial charge in [0.2, 0.25) is 11.8 Å². The maximum atomic E-state index is 11.9. The summed E-state index contributed by atoms with van der Waals surface area (Å²) in [4.78, 5) is 23.8. The van der Waals surface area contributed by atoms with Crippen LogP contribution in [-0.2, 0) is 9.59 Å². The molecule has 3 aromatic carbocycles. The quantitative estimate of drug-likeness (QED) is 0.453. The van der Waals surface area contributed by atoms with Crippen molar-refractivity contribution in [3.63, 3.8) is 0 Å². The Balaban J connectivity index is 1.52. The highest BCUT2D eigenvalue weighted by atomic mass is 16.3. The number of nitrogens with one attached hydrogen (secondary N) is 2. The topological polar surface area (TPSA) is 90.8 Å². The third kappa shape index (κ3) is 4.94. The maximum absolute atomic E-state index is 11.9. The van der Waals surface area contributed by atoms with Crippen molar-refractivity contribution in [1.29, 1.82) is 0 Å². The van der Waals surface area contributed by atoms with Crippen LogP contribution in [0.1, 0.15) is 24.0 Å². The Morgan fingerprint density at radius 2 is 1.68 bits per heavy atom. The normalized spacial score (nSPS) is 10.9. The fourth-order valence-electron chi connectivity index (χ4n) is 2.73. The van der Waals surface area contributed by atoms with Crippen LogP contribution in [0, 0.1) is 6.92 Å². The molecule has 0 aromatic heterocycles. The summed E-state index contributed by atoms with van der Waals surface area (Å²) in [5.41, 5.74) is 4.71. The maximum Gasteiger partial charge on any atom is 0.240 e. The molecular weight excluding hydrogens is 354 g/mol. The van der Waals surface area contributed by atoms with Gasteiger partial charge in [0, 0.05) is 24.1 Å². The number of benzene rings is 3. The molecule has 3 rings (SSSR count). The van der Waals surface area contributed by atoms with Crippen molar-refractivity contribution in [3.05, 3.63) is 71.8 Å². The Morgan fingerprint density at radius 1 is 0.964 bits per heavy atom. The van der Waals surface area contributed by atoms with Gasteiger partial charge < -0.3 is 10.4 Å². The largest absolute Gasteiger partial charge is 0.507 e. The number of hydrogen-bond acceptors (Lipinski definition) is 4. The van der Waals surface area contributed by atoms with Crippen LogP contribution in [0.2, 0.25) is 0 Å². The van der Waals surface area contributed by atoms with E-state index in [0.717, 1.165) is 16.3 Å². The molecule has 0 atom stereocenters. The van der Waals surface area contributed by atoms with Gasteiger partial charge in [-0.15, -0.1) is 0 Å². The van der Waals surface area contributed by atoms with Gasteiger partial charge in [0.15, 0.2) is 0 Å². The summed E-state index contributed by atoms with van der Waals surface area (Å²) in [6.07, 6.45) is 1.47. The molecule has 0 spiro atoms. The molecule has 0 heterocycles. The summed E-state index contributed by atoms with van der Waals surface area (Å²) in [5, 5.41) is 18.5. The minimum atomic E-state index is -0.380. The summed E-state index contributed by atoms with van der Waals surface area (Å²) in [5.74, 6) is -0.543. The molecule has 6 heteroatoms. The SMILES string of the molecule is Cc1ccc(NC(=O)CCC(=O)NN=Cc2c(O)ccc3ccccc23)cc1. The lowest BCUT2D eigenvalue weighted by atomic mass is 10.0. The first-order valence-corrected chi connectivity index (χ1v) is 8.92. The third-order valence-electron chi connectivity index (χ3n) is 4.25. The molecule has 142 valence electrons. The van der Waals surface area contributed by atoms with Crippen LogP contribution in [-0.4, -0.2) is 23.1 Å². The Morgan fingerprint density at radius 3 is 2.46 bits per heavy atom. The number of amides is 2. The zero-order chi connectivity index (χ0) is 19.9. The summed E-state index contributed by atoms with van der Waals surface area (Å²) >= 11 is 0. The van der Waals surface area contributed by atoms with E-state index in [4.69, 9.17) is 0 Å². The van der Waals surface area contributed by atoms with Crippen molar-refractivity contribution >= 4 is 34.5 Å². The van der Waals surface area contributed by atoms with Gasteiger partial charge in [-0.2, -0.15) is 5.10 Å². The van der Waals surface area contributed by atoms with Crippen LogP contribution >= 0.6 is 0 Å². The van der Waals surface area contributed by atoms with E-state index in [1.165, 1.54) is 6.21 Å². The third-order valence-corrected chi connectivity index (χ3v) is 4.25. The molecule has 6 nitrogen and oxygen atoms in total. The number of carbonyl (C=O) groups excluding carboxylic acids is 2. The number of aromatic hydroxyl groups is 1. The van der Waals surface area contributed by atoms with Crippen molar-refractivity contribution in [1.82, 2.24) is 5.43 Å². The van der Waals surface area contributed by atoms with Gasteiger partial charge in [-0.05, 0) is 35.9 Å². The molecule has 0 aliphatic rings. The number of rotatable bonds is 6. The Kier molecular flexibility index (Phi) is 6.01. The molecule has 3 aromatic rings. The molecule has 0 saturated carbocycles. The van der Waals surface area contributed by atoms with Gasteiger partial charge in [0.05, 0.1) is 6.21 Å². The van der Waals surface area contributed by atoms with E-state index < -0.39 is 0 Å². The number of hydrogen-bond donors (Lipinski definition) is 3. The molecule has 0 fully saturated rings. The summed E-state index contributed by atoms with van der Waals surface area (Å²) in [7, 11) is 0. The van der Waals surface area contributed by atoms with E-state index in [1.807, 2.05) is 61.5 Å². The minimum absolute atomic E-state index is 0.0105. The second-order valence-corrected chi connectivity index (χ2v) is 6.43. The number of carbonyl (C=O) groups is 2. The summed E-state index contributed by atoms with van der Waals surface area (Å²) in [6.45, 7) is 1.97. The lowest BCUT2D eigenvalue weighted by Crippen LogP contribution is -2.20. The van der Waals surface area contributed by atoms with E-state index in [2.05, 4.69) is 15.8 Å². The van der Waals surface area contributed by atoms with Gasteiger partial charge in [-0.3, -0.25) is 9.59 Å². The molecule has 0 unspecified atom stereocenters. The molecule has 0 radical (unpaired) electrons. The van der Waals surface area contributed by atoms with Crippen LogP contribution in [0.3, 0.4) is 0 Å². The highest BCUT2D eigenvalue weighted by molar-refractivity contribution is 6.02. The van der Waals surface area contributed by atoms with Gasteiger partial charge >= 0.3 is 0 Å². The van der Waals surface area contributed by atoms with E-state index in [9.17, 15) is 14.7 Å². The lowest BCUT2D eigenvalue weighted by Gasteiger charge is -2.06. The second kappa shape index (κ2) is 8.81. The van der Waals surface area contributed by atoms with Crippen molar-refractivity contribution < 1.29 is 14.7 Å². The fourth-order valence-corrected chi connectivity index (χ4v) is 2.73. The molecule has 28 heavy (non-hydrogen) atoms. The predicted octanol–water partition coefficient (Wildman–Crippen LogP) is 3.72. The van der Waals surface area contributed by atoms with Gasteiger partial charge in [0.25, 0.3) is 0 Å². The van der Waals surface area contributed by atoms with Crippen molar-refractivity contribution in [2.75, 3.05) is 5.32 Å². The smallest absolute Gasteiger partial charge is 0.240 e. The fraction of sp³-hybridized carbons (Fsp3) is 0.136. The standard InChI is InChI=1S/C22H21N3O3/c1-15-6-9-17(10-7-15)24-21(27)12-13-22(28)25-23-14-19-18-5-3-2-4-16(18)8-11-20(19)26/h2-11,14,26H,12-13H2,1H3,(H,24,27)(H,25,28). The van der Waals surface area contributed by atoms with Crippen LogP contribution in [0.25, 0.3) is 10.8 Å². The number of anilines is 1. The highest BCUT2D eigenvalue weighted by Crippen LogP contribution is 2.25. The number of hydrazone groups is 1. The Bertz CT molecular complexity index is 1030. The van der Waals surface area contributed by atoms with Crippen molar-refractivity contribution in [2.45, 2.75) is 19.8 Å². The zero-order valence-corrected chi connectivity index (χ0v) is 15.5. The zero-order valence-electron chi connectivity index (χ0n) is 15.5. The van der Waals surface area contributed by atoms with Gasteiger partial charge in [-0.25, -0.2) is 5.43 Å². The molecule has 2 amide bonds. The molecular formula is C22H21N3O3. The molecule has 0 aliphatic carbocycles. The highest BCUT2D eigenvalue weighted by Gasteiger charge is 2.08. The van der Waals surface area contributed by atoms with Crippen LogP contribution < -0.4 is 10.7 Å². The Labute approximate surface area is 162 Å². The number of phenolic OH excluding ortho intramolecular Hbond substituents is 1. The first-order chi connectivity index (χ1) is 13.5. The van der Waals surface area contributed by atoms with Crippen LogP contribution in [0.4, 0.5) is 5.69 Å². The van der Waals surface area contributed by atoms with Crippen LogP contribution in [0.15, 0.2) is 65.8 Å². The van der Waals surface area contributed by atoms with Crippen molar-refractivity contribution in [3.8, 4) is 5.75 Å². The van der Waals surface area contributed by atoms with Gasteiger partial charge in [-0.1, -0.05) is 48.0 Å². The summed E-state index contributed by atoms with van der Waals surface area (Å²) < 4.78 is 0. The monoisotopic (exact) mass is 375 g/mol. The average Bonchev–Trinajstić information content (AvgIpc) is 2.70. The minimum Gasteiger partial charge on any atom is -0.507 e. The number of aryl methyl sites for hydroxylation is 1. The van der Waals surface area contributed by atoms with E-state index in [1.54, 1.807) is 6.07 Å². The summed E-state index contributed by atoms with van der Waals surface area (Å²) in [6, 6.07) is 18.4. The number of nitrogens with zero attached hydrogens (tertiary/aromatic N) is 1. The second-order valence-electron chi connectivity index (χ2n) is 6.43. The van der Waals surface area contributed by atoms with E-state index in [0.29, 0.717) is 11.3 Å². The molecule has 0 aliphatic heterocycles. The first kappa shape index (κ1) is 19.1. The predicted molar refractivity (Wildman–Crippen MR) is 110 cm³/mol.